The number of rotatable bonds is 6. The van der Waals surface area contributed by atoms with Gasteiger partial charge in [-0.1, -0.05) is 0 Å². The molecule has 0 saturated carbocycles. The van der Waals surface area contributed by atoms with Crippen molar-refractivity contribution in [2.24, 2.45) is 4.99 Å². The van der Waals surface area contributed by atoms with Gasteiger partial charge in [-0.15, -0.1) is 24.0 Å². The van der Waals surface area contributed by atoms with Crippen molar-refractivity contribution >= 4 is 41.5 Å². The molecule has 0 aromatic heterocycles. The van der Waals surface area contributed by atoms with E-state index < -0.39 is 0 Å². The number of anilines is 1. The summed E-state index contributed by atoms with van der Waals surface area (Å²) in [6, 6.07) is 6.02. The molecule has 2 aliphatic rings. The third-order valence-electron chi connectivity index (χ3n) is 5.14. The smallest absolute Gasteiger partial charge is 0.242 e. The van der Waals surface area contributed by atoms with Gasteiger partial charge in [-0.3, -0.25) is 9.69 Å². The summed E-state index contributed by atoms with van der Waals surface area (Å²) in [5, 5.41) is 9.63. The molecule has 0 aliphatic carbocycles. The van der Waals surface area contributed by atoms with Gasteiger partial charge in [-0.2, -0.15) is 0 Å². The Morgan fingerprint density at radius 1 is 1.12 bits per heavy atom. The molecule has 2 heterocycles. The van der Waals surface area contributed by atoms with E-state index in [0.29, 0.717) is 37.5 Å². The fraction of sp³-hybridized carbons (Fsp3) is 0.652. The van der Waals surface area contributed by atoms with Crippen LogP contribution in [-0.2, 0) is 9.53 Å². The van der Waals surface area contributed by atoms with Gasteiger partial charge in [0.25, 0.3) is 0 Å². The fourth-order valence-electron chi connectivity index (χ4n) is 3.52. The van der Waals surface area contributed by atoms with Crippen LogP contribution in [0.15, 0.2) is 23.2 Å². The maximum Gasteiger partial charge on any atom is 0.242 e. The minimum Gasteiger partial charge on any atom is -0.490 e. The number of carbonyl (C=O) groups is 1. The SMILES string of the molecule is CC(CNC(=NCC(=O)NC(C)(C)C)Nc1ccc2c(c1)OCCCO2)N1CCOCC1.I. The van der Waals surface area contributed by atoms with Gasteiger partial charge in [0.2, 0.25) is 5.91 Å². The van der Waals surface area contributed by atoms with Crippen LogP contribution in [0.3, 0.4) is 0 Å². The maximum absolute atomic E-state index is 12.3. The van der Waals surface area contributed by atoms with Gasteiger partial charge >= 0.3 is 0 Å². The molecule has 1 aromatic rings. The second-order valence-corrected chi connectivity index (χ2v) is 9.18. The summed E-state index contributed by atoms with van der Waals surface area (Å²) in [5.41, 5.74) is 0.517. The molecule has 3 rings (SSSR count). The third kappa shape index (κ3) is 9.54. The lowest BCUT2D eigenvalue weighted by Crippen LogP contribution is -2.48. The van der Waals surface area contributed by atoms with E-state index in [1.807, 2.05) is 39.0 Å². The van der Waals surface area contributed by atoms with Crippen LogP contribution in [0, 0.1) is 0 Å². The number of carbonyl (C=O) groups excluding carboxylic acids is 1. The van der Waals surface area contributed by atoms with E-state index in [0.717, 1.165) is 44.2 Å². The zero-order valence-electron chi connectivity index (χ0n) is 20.1. The van der Waals surface area contributed by atoms with Gasteiger partial charge in [0.1, 0.15) is 6.54 Å². The molecule has 186 valence electrons. The second-order valence-electron chi connectivity index (χ2n) is 9.18. The first-order valence-electron chi connectivity index (χ1n) is 11.4. The molecule has 1 amide bonds. The van der Waals surface area contributed by atoms with Gasteiger partial charge in [0.15, 0.2) is 17.5 Å². The standard InChI is InChI=1S/C23H37N5O4.HI/c1-17(28-8-12-30-13-9-28)15-24-22(25-16-21(29)27-23(2,3)4)26-18-6-7-19-20(14-18)32-11-5-10-31-19;/h6-7,14,17H,5,8-13,15-16H2,1-4H3,(H,27,29)(H2,24,25,26);1H. The molecule has 1 atom stereocenters. The number of morpholine rings is 1. The molecule has 1 unspecified atom stereocenters. The monoisotopic (exact) mass is 575 g/mol. The number of fused-ring (bicyclic) bond motifs is 1. The molecular weight excluding hydrogens is 537 g/mol. The van der Waals surface area contributed by atoms with Crippen LogP contribution in [-0.4, -0.2) is 81.0 Å². The Morgan fingerprint density at radius 3 is 2.52 bits per heavy atom. The van der Waals surface area contributed by atoms with E-state index in [1.165, 1.54) is 0 Å². The second kappa shape index (κ2) is 13.2. The van der Waals surface area contributed by atoms with Crippen LogP contribution in [0.1, 0.15) is 34.1 Å². The normalized spacial score (nSPS) is 17.9. The van der Waals surface area contributed by atoms with E-state index in [4.69, 9.17) is 14.2 Å². The molecule has 10 heteroatoms. The number of nitrogens with zero attached hydrogens (tertiary/aromatic N) is 2. The minimum atomic E-state index is -0.299. The number of halogens is 1. The topological polar surface area (TPSA) is 96.5 Å². The van der Waals surface area contributed by atoms with Crippen LogP contribution < -0.4 is 25.4 Å². The Kier molecular flexibility index (Phi) is 11.0. The van der Waals surface area contributed by atoms with Crippen LogP contribution in [0.4, 0.5) is 5.69 Å². The average Bonchev–Trinajstić information content (AvgIpc) is 3.00. The lowest BCUT2D eigenvalue weighted by Gasteiger charge is -2.32. The molecule has 0 spiro atoms. The number of ether oxygens (including phenoxy) is 3. The molecule has 1 aromatic carbocycles. The van der Waals surface area contributed by atoms with E-state index in [-0.39, 0.29) is 42.0 Å². The predicted molar refractivity (Wildman–Crippen MR) is 141 cm³/mol. The first kappa shape index (κ1) is 27.5. The molecule has 9 nitrogen and oxygen atoms in total. The zero-order valence-corrected chi connectivity index (χ0v) is 22.4. The van der Waals surface area contributed by atoms with Gasteiger partial charge in [-0.25, -0.2) is 4.99 Å². The van der Waals surface area contributed by atoms with Gasteiger partial charge in [-0.05, 0) is 39.8 Å². The number of benzene rings is 1. The molecule has 33 heavy (non-hydrogen) atoms. The Balaban J connectivity index is 0.00000385. The summed E-state index contributed by atoms with van der Waals surface area (Å²) in [6.07, 6.45) is 0.855. The highest BCUT2D eigenvalue weighted by Gasteiger charge is 2.18. The van der Waals surface area contributed by atoms with E-state index >= 15 is 0 Å². The Labute approximate surface area is 214 Å². The summed E-state index contributed by atoms with van der Waals surface area (Å²) in [7, 11) is 0. The number of aliphatic imine (C=N–C) groups is 1. The first-order valence-corrected chi connectivity index (χ1v) is 11.4. The lowest BCUT2D eigenvalue weighted by molar-refractivity contribution is -0.121. The molecule has 0 radical (unpaired) electrons. The fourth-order valence-corrected chi connectivity index (χ4v) is 3.52. The van der Waals surface area contributed by atoms with Crippen molar-refractivity contribution in [3.05, 3.63) is 18.2 Å². The first-order chi connectivity index (χ1) is 15.3. The zero-order chi connectivity index (χ0) is 23.0. The van der Waals surface area contributed by atoms with E-state index in [9.17, 15) is 4.79 Å². The van der Waals surface area contributed by atoms with Gasteiger partial charge in [0, 0.05) is 49.4 Å². The van der Waals surface area contributed by atoms with Crippen LogP contribution >= 0.6 is 24.0 Å². The van der Waals surface area contributed by atoms with Crippen molar-refractivity contribution in [1.82, 2.24) is 15.5 Å². The minimum absolute atomic E-state index is 0. The molecule has 0 bridgehead atoms. The highest BCUT2D eigenvalue weighted by atomic mass is 127. The number of amides is 1. The van der Waals surface area contributed by atoms with Crippen molar-refractivity contribution in [3.8, 4) is 11.5 Å². The van der Waals surface area contributed by atoms with Crippen LogP contribution in [0.2, 0.25) is 0 Å². The lowest BCUT2D eigenvalue weighted by atomic mass is 10.1. The summed E-state index contributed by atoms with van der Waals surface area (Å²) < 4.78 is 17.0. The Bertz CT molecular complexity index is 794. The number of guanidine groups is 1. The van der Waals surface area contributed by atoms with Crippen molar-refractivity contribution in [2.45, 2.75) is 45.7 Å². The summed E-state index contributed by atoms with van der Waals surface area (Å²) >= 11 is 0. The Hall–Kier alpha value is -1.79. The van der Waals surface area contributed by atoms with Crippen molar-refractivity contribution in [3.63, 3.8) is 0 Å². The number of hydrogen-bond donors (Lipinski definition) is 3. The predicted octanol–water partition coefficient (Wildman–Crippen LogP) is 2.46. The molecule has 1 fully saturated rings. The number of hydrogen-bond acceptors (Lipinski definition) is 6. The molecule has 3 N–H and O–H groups in total. The quantitative estimate of drug-likeness (QED) is 0.273. The number of nitrogens with one attached hydrogen (secondary N) is 3. The van der Waals surface area contributed by atoms with Crippen molar-refractivity contribution in [2.75, 3.05) is 57.9 Å². The van der Waals surface area contributed by atoms with Gasteiger partial charge < -0.3 is 30.2 Å². The maximum atomic E-state index is 12.3. The van der Waals surface area contributed by atoms with Crippen molar-refractivity contribution < 1.29 is 19.0 Å². The summed E-state index contributed by atoms with van der Waals surface area (Å²) in [5.74, 6) is 1.87. The van der Waals surface area contributed by atoms with Crippen LogP contribution in [0.5, 0.6) is 11.5 Å². The van der Waals surface area contributed by atoms with Gasteiger partial charge in [0.05, 0.1) is 26.4 Å². The largest absolute Gasteiger partial charge is 0.490 e. The summed E-state index contributed by atoms with van der Waals surface area (Å²) in [6.45, 7) is 13.4. The van der Waals surface area contributed by atoms with Crippen molar-refractivity contribution in [1.29, 1.82) is 0 Å². The molecule has 2 aliphatic heterocycles. The highest BCUT2D eigenvalue weighted by Crippen LogP contribution is 2.32. The van der Waals surface area contributed by atoms with E-state index in [2.05, 4.69) is 32.8 Å². The summed E-state index contributed by atoms with van der Waals surface area (Å²) in [4.78, 5) is 19.2. The van der Waals surface area contributed by atoms with Crippen LogP contribution in [0.25, 0.3) is 0 Å². The molecule has 1 saturated heterocycles. The highest BCUT2D eigenvalue weighted by molar-refractivity contribution is 14.0. The van der Waals surface area contributed by atoms with E-state index in [1.54, 1.807) is 0 Å². The Morgan fingerprint density at radius 2 is 1.82 bits per heavy atom. The third-order valence-corrected chi connectivity index (χ3v) is 5.14. The molecular formula is C23H38IN5O4. The average molecular weight is 575 g/mol.